The Hall–Kier alpha value is -0.200. The highest BCUT2D eigenvalue weighted by molar-refractivity contribution is 7.98. The first-order chi connectivity index (χ1) is 5.35. The molecule has 0 saturated heterocycles. The third kappa shape index (κ3) is 6.21. The first kappa shape index (κ1) is 10.8. The van der Waals surface area contributed by atoms with Gasteiger partial charge in [-0.2, -0.15) is 17.0 Å². The van der Waals surface area contributed by atoms with Gasteiger partial charge in [0, 0.05) is 6.61 Å². The van der Waals surface area contributed by atoms with Crippen molar-refractivity contribution in [2.24, 2.45) is 0 Å². The van der Waals surface area contributed by atoms with E-state index in [0.717, 1.165) is 18.6 Å². The Morgan fingerprint density at radius 2 is 2.36 bits per heavy atom. The van der Waals surface area contributed by atoms with Gasteiger partial charge in [0.05, 0.1) is 6.07 Å². The molecule has 64 valence electrons. The van der Waals surface area contributed by atoms with Gasteiger partial charge in [0.25, 0.3) is 0 Å². The van der Waals surface area contributed by atoms with Crippen LogP contribution in [0.15, 0.2) is 0 Å². The molecule has 1 unspecified atom stereocenters. The van der Waals surface area contributed by atoms with Gasteiger partial charge in [-0.1, -0.05) is 0 Å². The number of thioether (sulfide) groups is 1. The quantitative estimate of drug-likeness (QED) is 0.576. The van der Waals surface area contributed by atoms with Crippen molar-refractivity contribution in [2.45, 2.75) is 25.9 Å². The van der Waals surface area contributed by atoms with Crippen LogP contribution < -0.4 is 0 Å². The molecule has 1 atom stereocenters. The molecule has 0 aromatic rings. The summed E-state index contributed by atoms with van der Waals surface area (Å²) in [5.41, 5.74) is 0. The monoisotopic (exact) mass is 173 g/mol. The van der Waals surface area contributed by atoms with Crippen LogP contribution in [0.4, 0.5) is 0 Å². The Balaban J connectivity index is 3.30. The highest BCUT2D eigenvalue weighted by atomic mass is 32.2. The zero-order valence-electron chi connectivity index (χ0n) is 7.17. The molecule has 0 fully saturated rings. The van der Waals surface area contributed by atoms with Crippen LogP contribution in [0.25, 0.3) is 0 Å². The van der Waals surface area contributed by atoms with Crippen LogP contribution in [-0.4, -0.2) is 24.7 Å². The molecule has 0 aliphatic carbocycles. The summed E-state index contributed by atoms with van der Waals surface area (Å²) in [6.07, 6.45) is 3.82. The normalized spacial score (nSPS) is 12.5. The van der Waals surface area contributed by atoms with Gasteiger partial charge in [-0.15, -0.1) is 0 Å². The number of rotatable bonds is 6. The van der Waals surface area contributed by atoms with Crippen molar-refractivity contribution in [3.8, 4) is 6.07 Å². The average molecular weight is 173 g/mol. The van der Waals surface area contributed by atoms with E-state index in [4.69, 9.17) is 10.00 Å². The van der Waals surface area contributed by atoms with Crippen LogP contribution in [0, 0.1) is 11.3 Å². The summed E-state index contributed by atoms with van der Waals surface area (Å²) in [6.45, 7) is 2.55. The molecule has 0 aliphatic rings. The van der Waals surface area contributed by atoms with Crippen LogP contribution in [0.5, 0.6) is 0 Å². The number of ether oxygens (including phenoxy) is 1. The van der Waals surface area contributed by atoms with Gasteiger partial charge in [-0.05, 0) is 31.8 Å². The fraction of sp³-hybridized carbons (Fsp3) is 0.875. The summed E-state index contributed by atoms with van der Waals surface area (Å²) in [7, 11) is 0. The summed E-state index contributed by atoms with van der Waals surface area (Å²) in [5, 5.41) is 8.57. The molecular formula is C8H15NOS. The van der Waals surface area contributed by atoms with Gasteiger partial charge < -0.3 is 4.74 Å². The summed E-state index contributed by atoms with van der Waals surface area (Å²) < 4.78 is 5.17. The van der Waals surface area contributed by atoms with Gasteiger partial charge in [0.1, 0.15) is 6.10 Å². The standard InChI is InChI=1S/C8H15NOS/c1-3-10-8(7-9)5-4-6-11-2/h8H,3-6H2,1-2H3. The van der Waals surface area contributed by atoms with E-state index in [1.54, 1.807) is 0 Å². The maximum Gasteiger partial charge on any atom is 0.144 e. The van der Waals surface area contributed by atoms with Crippen molar-refractivity contribution >= 4 is 11.8 Å². The van der Waals surface area contributed by atoms with Crippen molar-refractivity contribution in [3.63, 3.8) is 0 Å². The maximum atomic E-state index is 8.57. The molecule has 0 spiro atoms. The van der Waals surface area contributed by atoms with E-state index in [2.05, 4.69) is 12.3 Å². The Morgan fingerprint density at radius 1 is 1.64 bits per heavy atom. The van der Waals surface area contributed by atoms with E-state index in [1.165, 1.54) is 0 Å². The molecule has 0 amide bonds. The van der Waals surface area contributed by atoms with Gasteiger partial charge in [0.15, 0.2) is 0 Å². The number of hydrogen-bond donors (Lipinski definition) is 0. The van der Waals surface area contributed by atoms with Crippen LogP contribution in [-0.2, 0) is 4.74 Å². The second kappa shape index (κ2) is 7.90. The second-order valence-electron chi connectivity index (χ2n) is 2.21. The van der Waals surface area contributed by atoms with E-state index in [1.807, 2.05) is 18.7 Å². The van der Waals surface area contributed by atoms with E-state index >= 15 is 0 Å². The van der Waals surface area contributed by atoms with Crippen molar-refractivity contribution in [2.75, 3.05) is 18.6 Å². The third-order valence-electron chi connectivity index (χ3n) is 1.33. The fourth-order valence-electron chi connectivity index (χ4n) is 0.799. The lowest BCUT2D eigenvalue weighted by molar-refractivity contribution is 0.0951. The van der Waals surface area contributed by atoms with Crippen LogP contribution in [0.2, 0.25) is 0 Å². The number of nitriles is 1. The molecule has 0 aliphatic heterocycles. The average Bonchev–Trinajstić information content (AvgIpc) is 2.03. The topological polar surface area (TPSA) is 33.0 Å². The fourth-order valence-corrected chi connectivity index (χ4v) is 1.25. The first-order valence-electron chi connectivity index (χ1n) is 3.85. The van der Waals surface area contributed by atoms with Crippen molar-refractivity contribution < 1.29 is 4.74 Å². The largest absolute Gasteiger partial charge is 0.364 e. The molecular weight excluding hydrogens is 158 g/mol. The molecule has 0 radical (unpaired) electrons. The minimum absolute atomic E-state index is 0.188. The summed E-state index contributed by atoms with van der Waals surface area (Å²) in [4.78, 5) is 0. The maximum absolute atomic E-state index is 8.57. The Kier molecular flexibility index (Phi) is 7.76. The molecule has 3 heteroatoms. The van der Waals surface area contributed by atoms with Gasteiger partial charge in [-0.3, -0.25) is 0 Å². The second-order valence-corrected chi connectivity index (χ2v) is 3.19. The van der Waals surface area contributed by atoms with E-state index in [9.17, 15) is 0 Å². The Bertz CT molecular complexity index is 122. The van der Waals surface area contributed by atoms with Gasteiger partial charge in [-0.25, -0.2) is 0 Å². The van der Waals surface area contributed by atoms with Crippen LogP contribution in [0.3, 0.4) is 0 Å². The van der Waals surface area contributed by atoms with Crippen molar-refractivity contribution in [1.29, 1.82) is 5.26 Å². The predicted octanol–water partition coefficient (Wildman–Crippen LogP) is 2.06. The highest BCUT2D eigenvalue weighted by Crippen LogP contribution is 2.05. The van der Waals surface area contributed by atoms with Gasteiger partial charge >= 0.3 is 0 Å². The molecule has 0 bridgehead atoms. The van der Waals surface area contributed by atoms with E-state index in [0.29, 0.717) is 6.61 Å². The molecule has 0 aromatic carbocycles. The SMILES string of the molecule is CCOC(C#N)CCCSC. The molecule has 0 aromatic heterocycles. The lowest BCUT2D eigenvalue weighted by Crippen LogP contribution is -2.10. The predicted molar refractivity (Wildman–Crippen MR) is 48.6 cm³/mol. The molecule has 11 heavy (non-hydrogen) atoms. The van der Waals surface area contributed by atoms with Crippen molar-refractivity contribution in [1.82, 2.24) is 0 Å². The minimum atomic E-state index is -0.188. The number of nitrogens with zero attached hydrogens (tertiary/aromatic N) is 1. The summed E-state index contributed by atoms with van der Waals surface area (Å²) in [6, 6.07) is 2.13. The number of hydrogen-bond acceptors (Lipinski definition) is 3. The smallest absolute Gasteiger partial charge is 0.144 e. The Labute approximate surface area is 72.9 Å². The minimum Gasteiger partial charge on any atom is -0.364 e. The zero-order chi connectivity index (χ0) is 8.53. The van der Waals surface area contributed by atoms with E-state index < -0.39 is 0 Å². The lowest BCUT2D eigenvalue weighted by atomic mass is 10.2. The zero-order valence-corrected chi connectivity index (χ0v) is 7.99. The highest BCUT2D eigenvalue weighted by Gasteiger charge is 2.04. The van der Waals surface area contributed by atoms with Crippen LogP contribution >= 0.6 is 11.8 Å². The molecule has 0 N–H and O–H groups in total. The molecule has 0 rings (SSSR count). The molecule has 0 saturated carbocycles. The Morgan fingerprint density at radius 3 is 2.82 bits per heavy atom. The van der Waals surface area contributed by atoms with Gasteiger partial charge in [0.2, 0.25) is 0 Å². The first-order valence-corrected chi connectivity index (χ1v) is 5.24. The van der Waals surface area contributed by atoms with Crippen molar-refractivity contribution in [3.05, 3.63) is 0 Å². The molecule has 2 nitrogen and oxygen atoms in total. The van der Waals surface area contributed by atoms with Crippen LogP contribution in [0.1, 0.15) is 19.8 Å². The summed E-state index contributed by atoms with van der Waals surface area (Å²) in [5.74, 6) is 1.12. The van der Waals surface area contributed by atoms with E-state index in [-0.39, 0.29) is 6.10 Å². The molecule has 0 heterocycles. The lowest BCUT2D eigenvalue weighted by Gasteiger charge is -2.07. The third-order valence-corrected chi connectivity index (χ3v) is 2.02. The summed E-state index contributed by atoms with van der Waals surface area (Å²) >= 11 is 1.81.